The Morgan fingerprint density at radius 2 is 2.00 bits per heavy atom. The van der Waals surface area contributed by atoms with Gasteiger partial charge in [0.05, 0.1) is 23.3 Å². The molecule has 0 unspecified atom stereocenters. The third kappa shape index (κ3) is 5.01. The number of hydrogen-bond acceptors (Lipinski definition) is 5. The lowest BCUT2D eigenvalue weighted by atomic mass is 10.1. The molecule has 3 rings (SSSR count). The van der Waals surface area contributed by atoms with E-state index in [9.17, 15) is 4.79 Å². The van der Waals surface area contributed by atoms with Gasteiger partial charge in [0.15, 0.2) is 5.16 Å². The number of hydrogen-bond donors (Lipinski definition) is 1. The van der Waals surface area contributed by atoms with E-state index in [1.54, 1.807) is 24.5 Å². The molecule has 2 heterocycles. The van der Waals surface area contributed by atoms with E-state index in [1.165, 1.54) is 11.8 Å². The molecule has 1 aromatic carbocycles. The second-order valence-electron chi connectivity index (χ2n) is 5.26. The number of aromatic nitrogens is 3. The van der Waals surface area contributed by atoms with E-state index in [1.807, 2.05) is 37.3 Å². The molecule has 0 saturated carbocycles. The minimum atomic E-state index is -0.129. The number of carbonyl (C=O) groups is 1. The van der Waals surface area contributed by atoms with Gasteiger partial charge >= 0.3 is 0 Å². The lowest BCUT2D eigenvalue weighted by Crippen LogP contribution is -2.14. The van der Waals surface area contributed by atoms with Gasteiger partial charge < -0.3 is 5.32 Å². The maximum Gasteiger partial charge on any atom is 0.234 e. The number of benzene rings is 1. The molecule has 5 nitrogen and oxygen atoms in total. The molecule has 0 aliphatic heterocycles. The number of thioether (sulfide) groups is 1. The highest BCUT2D eigenvalue weighted by Crippen LogP contribution is 2.23. The molecule has 126 valence electrons. The zero-order chi connectivity index (χ0) is 17.6. The summed E-state index contributed by atoms with van der Waals surface area (Å²) in [7, 11) is 0. The van der Waals surface area contributed by atoms with Gasteiger partial charge in [-0.3, -0.25) is 9.78 Å². The van der Waals surface area contributed by atoms with Crippen LogP contribution < -0.4 is 5.32 Å². The molecule has 0 atom stereocenters. The molecule has 1 N–H and O–H groups in total. The van der Waals surface area contributed by atoms with Crippen LogP contribution in [0.1, 0.15) is 5.69 Å². The van der Waals surface area contributed by atoms with E-state index < -0.39 is 0 Å². The van der Waals surface area contributed by atoms with Crippen molar-refractivity contribution in [3.63, 3.8) is 0 Å². The third-order valence-electron chi connectivity index (χ3n) is 3.25. The van der Waals surface area contributed by atoms with E-state index in [-0.39, 0.29) is 11.7 Å². The first kappa shape index (κ1) is 17.4. The smallest absolute Gasteiger partial charge is 0.234 e. The summed E-state index contributed by atoms with van der Waals surface area (Å²) in [5.74, 6) is 0.0921. The summed E-state index contributed by atoms with van der Waals surface area (Å²) in [5, 5.41) is 4.03. The SMILES string of the molecule is Cc1cc(-c2ccc(Cl)cc2)nc(SCC(=O)Nc2cccnc2)n1. The van der Waals surface area contributed by atoms with Crippen LogP contribution in [-0.4, -0.2) is 26.6 Å². The minimum absolute atomic E-state index is 0.129. The second-order valence-corrected chi connectivity index (χ2v) is 6.64. The average Bonchev–Trinajstić information content (AvgIpc) is 2.61. The van der Waals surface area contributed by atoms with Crippen molar-refractivity contribution in [1.29, 1.82) is 0 Å². The van der Waals surface area contributed by atoms with Gasteiger partial charge in [0.2, 0.25) is 5.91 Å². The fraction of sp³-hybridized carbons (Fsp3) is 0.111. The first-order valence-corrected chi connectivity index (χ1v) is 8.91. The topological polar surface area (TPSA) is 67.8 Å². The van der Waals surface area contributed by atoms with E-state index in [0.717, 1.165) is 17.0 Å². The summed E-state index contributed by atoms with van der Waals surface area (Å²) in [5.41, 5.74) is 3.27. The van der Waals surface area contributed by atoms with E-state index >= 15 is 0 Å². The molecule has 0 radical (unpaired) electrons. The van der Waals surface area contributed by atoms with Crippen LogP contribution in [0.3, 0.4) is 0 Å². The van der Waals surface area contributed by atoms with Crippen LogP contribution in [0.25, 0.3) is 11.3 Å². The average molecular weight is 371 g/mol. The van der Waals surface area contributed by atoms with Gasteiger partial charge in [-0.1, -0.05) is 35.5 Å². The zero-order valence-electron chi connectivity index (χ0n) is 13.4. The number of anilines is 1. The molecule has 0 saturated heterocycles. The molecule has 0 aliphatic carbocycles. The van der Waals surface area contributed by atoms with Gasteiger partial charge in [-0.2, -0.15) is 0 Å². The second kappa shape index (κ2) is 8.09. The molecule has 0 aliphatic rings. The van der Waals surface area contributed by atoms with Gasteiger partial charge in [0.25, 0.3) is 0 Å². The molecule has 3 aromatic rings. The number of amides is 1. The Labute approximate surface area is 154 Å². The van der Waals surface area contributed by atoms with Crippen LogP contribution in [0, 0.1) is 6.92 Å². The van der Waals surface area contributed by atoms with Gasteiger partial charge in [0.1, 0.15) is 0 Å². The quantitative estimate of drug-likeness (QED) is 0.537. The number of nitrogens with one attached hydrogen (secondary N) is 1. The summed E-state index contributed by atoms with van der Waals surface area (Å²) in [6.07, 6.45) is 3.26. The van der Waals surface area contributed by atoms with Crippen LogP contribution in [0.2, 0.25) is 5.02 Å². The van der Waals surface area contributed by atoms with Gasteiger partial charge in [-0.25, -0.2) is 9.97 Å². The molecule has 25 heavy (non-hydrogen) atoms. The molecule has 0 bridgehead atoms. The Hall–Kier alpha value is -2.44. The summed E-state index contributed by atoms with van der Waals surface area (Å²) < 4.78 is 0. The standard InChI is InChI=1S/C18H15ClN4OS/c1-12-9-16(13-4-6-14(19)7-5-13)23-18(21-12)25-11-17(24)22-15-3-2-8-20-10-15/h2-10H,11H2,1H3,(H,22,24). The van der Waals surface area contributed by atoms with Crippen molar-refractivity contribution in [2.45, 2.75) is 12.1 Å². The Bertz CT molecular complexity index is 872. The summed E-state index contributed by atoms with van der Waals surface area (Å²) in [4.78, 5) is 24.9. The largest absolute Gasteiger partial charge is 0.324 e. The molecular formula is C18H15ClN4OS. The fourth-order valence-electron chi connectivity index (χ4n) is 2.14. The first-order chi connectivity index (χ1) is 12.1. The Kier molecular flexibility index (Phi) is 5.63. The number of aryl methyl sites for hydroxylation is 1. The van der Waals surface area contributed by atoms with Crippen LogP contribution in [0.5, 0.6) is 0 Å². The molecule has 7 heteroatoms. The highest BCUT2D eigenvalue weighted by atomic mass is 35.5. The monoisotopic (exact) mass is 370 g/mol. The van der Waals surface area contributed by atoms with Crippen LogP contribution in [-0.2, 0) is 4.79 Å². The predicted molar refractivity (Wildman–Crippen MR) is 101 cm³/mol. The van der Waals surface area contributed by atoms with Crippen molar-refractivity contribution in [1.82, 2.24) is 15.0 Å². The Balaban J connectivity index is 1.68. The fourth-order valence-corrected chi connectivity index (χ4v) is 2.97. The van der Waals surface area contributed by atoms with Crippen molar-refractivity contribution in [2.24, 2.45) is 0 Å². The molecule has 0 fully saturated rings. The third-order valence-corrected chi connectivity index (χ3v) is 4.35. The highest BCUT2D eigenvalue weighted by molar-refractivity contribution is 7.99. The van der Waals surface area contributed by atoms with Crippen LogP contribution >= 0.6 is 23.4 Å². The van der Waals surface area contributed by atoms with Crippen molar-refractivity contribution in [2.75, 3.05) is 11.1 Å². The number of rotatable bonds is 5. The highest BCUT2D eigenvalue weighted by Gasteiger charge is 2.09. The number of nitrogens with zero attached hydrogens (tertiary/aromatic N) is 3. The van der Waals surface area contributed by atoms with Gasteiger partial charge in [-0.05, 0) is 37.3 Å². The molecule has 1 amide bonds. The summed E-state index contributed by atoms with van der Waals surface area (Å²) in [6, 6.07) is 12.9. The number of pyridine rings is 1. The Morgan fingerprint density at radius 1 is 1.20 bits per heavy atom. The summed E-state index contributed by atoms with van der Waals surface area (Å²) >= 11 is 7.22. The number of carbonyl (C=O) groups excluding carboxylic acids is 1. The van der Waals surface area contributed by atoms with Crippen molar-refractivity contribution in [3.8, 4) is 11.3 Å². The zero-order valence-corrected chi connectivity index (χ0v) is 15.0. The molecular weight excluding hydrogens is 356 g/mol. The lowest BCUT2D eigenvalue weighted by Gasteiger charge is -2.07. The van der Waals surface area contributed by atoms with Crippen LogP contribution in [0.15, 0.2) is 60.0 Å². The molecule has 2 aromatic heterocycles. The maximum absolute atomic E-state index is 12.0. The van der Waals surface area contributed by atoms with E-state index in [4.69, 9.17) is 11.6 Å². The lowest BCUT2D eigenvalue weighted by molar-refractivity contribution is -0.113. The van der Waals surface area contributed by atoms with Crippen molar-refractivity contribution in [3.05, 3.63) is 65.6 Å². The van der Waals surface area contributed by atoms with Crippen molar-refractivity contribution >= 4 is 35.0 Å². The van der Waals surface area contributed by atoms with E-state index in [0.29, 0.717) is 15.9 Å². The summed E-state index contributed by atoms with van der Waals surface area (Å²) in [6.45, 7) is 1.90. The van der Waals surface area contributed by atoms with Gasteiger partial charge in [0, 0.05) is 22.5 Å². The van der Waals surface area contributed by atoms with Gasteiger partial charge in [-0.15, -0.1) is 0 Å². The Morgan fingerprint density at radius 3 is 2.72 bits per heavy atom. The molecule has 0 spiro atoms. The predicted octanol–water partition coefficient (Wildman–Crippen LogP) is 4.23. The number of halogens is 1. The maximum atomic E-state index is 12.0. The van der Waals surface area contributed by atoms with Crippen molar-refractivity contribution < 1.29 is 4.79 Å². The normalized spacial score (nSPS) is 10.5. The van der Waals surface area contributed by atoms with E-state index in [2.05, 4.69) is 20.3 Å². The van der Waals surface area contributed by atoms with Crippen LogP contribution in [0.4, 0.5) is 5.69 Å². The minimum Gasteiger partial charge on any atom is -0.324 e. The first-order valence-electron chi connectivity index (χ1n) is 7.54.